The molecular formula is C25H29N3O. The summed E-state index contributed by atoms with van der Waals surface area (Å²) in [5, 5.41) is 9.02. The molecule has 29 heavy (non-hydrogen) atoms. The van der Waals surface area contributed by atoms with Crippen molar-refractivity contribution in [2.45, 2.75) is 26.3 Å². The van der Waals surface area contributed by atoms with Crippen LogP contribution in [0.4, 0.5) is 5.69 Å². The number of hydrogen-bond donors (Lipinski definition) is 2. The minimum atomic E-state index is -0.491. The summed E-state index contributed by atoms with van der Waals surface area (Å²) in [4.78, 5) is 15.6. The van der Waals surface area contributed by atoms with Gasteiger partial charge in [0.1, 0.15) is 0 Å². The van der Waals surface area contributed by atoms with Crippen LogP contribution in [-0.2, 0) is 5.54 Å². The predicted octanol–water partition coefficient (Wildman–Crippen LogP) is 4.22. The zero-order valence-corrected chi connectivity index (χ0v) is 17.5. The average Bonchev–Trinajstić information content (AvgIpc) is 2.74. The summed E-state index contributed by atoms with van der Waals surface area (Å²) in [5.74, 6) is -0.0302. The molecule has 1 aliphatic rings. The fraction of sp³-hybridized carbons (Fsp3) is 0.320. The lowest BCUT2D eigenvalue weighted by molar-refractivity contribution is 0.0912. The van der Waals surface area contributed by atoms with Crippen molar-refractivity contribution in [3.63, 3.8) is 0 Å². The monoisotopic (exact) mass is 387 g/mol. The van der Waals surface area contributed by atoms with Crippen LogP contribution in [0.3, 0.4) is 0 Å². The van der Waals surface area contributed by atoms with Crippen LogP contribution in [0, 0.1) is 6.92 Å². The topological polar surface area (TPSA) is 44.4 Å². The van der Waals surface area contributed by atoms with Gasteiger partial charge in [0.15, 0.2) is 0 Å². The molecule has 0 aromatic heterocycles. The van der Waals surface area contributed by atoms with Gasteiger partial charge in [-0.3, -0.25) is 4.79 Å². The molecular weight excluding hydrogens is 358 g/mol. The first-order chi connectivity index (χ1) is 14.0. The van der Waals surface area contributed by atoms with E-state index in [2.05, 4.69) is 71.8 Å². The minimum Gasteiger partial charge on any atom is -0.369 e. The van der Waals surface area contributed by atoms with Crippen LogP contribution in [0.2, 0.25) is 0 Å². The van der Waals surface area contributed by atoms with Gasteiger partial charge < -0.3 is 15.5 Å². The highest BCUT2D eigenvalue weighted by Gasteiger charge is 2.26. The van der Waals surface area contributed by atoms with E-state index in [0.29, 0.717) is 0 Å². The highest BCUT2D eigenvalue weighted by molar-refractivity contribution is 5.97. The third-order valence-corrected chi connectivity index (χ3v) is 5.84. The van der Waals surface area contributed by atoms with Gasteiger partial charge in [-0.05, 0) is 54.8 Å². The minimum absolute atomic E-state index is 0.0302. The van der Waals surface area contributed by atoms with Crippen molar-refractivity contribution >= 4 is 22.4 Å². The Morgan fingerprint density at radius 1 is 1.00 bits per heavy atom. The number of benzene rings is 3. The van der Waals surface area contributed by atoms with Crippen molar-refractivity contribution in [1.29, 1.82) is 0 Å². The molecule has 150 valence electrons. The largest absolute Gasteiger partial charge is 0.369 e. The molecule has 2 N–H and O–H groups in total. The van der Waals surface area contributed by atoms with E-state index in [0.717, 1.165) is 48.6 Å². The van der Waals surface area contributed by atoms with Crippen molar-refractivity contribution in [2.75, 3.05) is 31.1 Å². The van der Waals surface area contributed by atoms with Crippen molar-refractivity contribution < 1.29 is 4.79 Å². The lowest BCUT2D eigenvalue weighted by Crippen LogP contribution is -2.44. The summed E-state index contributed by atoms with van der Waals surface area (Å²) in [6.07, 6.45) is 0. The summed E-state index contributed by atoms with van der Waals surface area (Å²) >= 11 is 0. The van der Waals surface area contributed by atoms with Crippen LogP contribution in [0.5, 0.6) is 0 Å². The van der Waals surface area contributed by atoms with Gasteiger partial charge in [-0.15, -0.1) is 0 Å². The molecule has 0 atom stereocenters. The van der Waals surface area contributed by atoms with Gasteiger partial charge in [-0.25, -0.2) is 0 Å². The number of carbonyl (C=O) groups excluding carboxylic acids is 1. The molecule has 1 aliphatic heterocycles. The molecule has 0 radical (unpaired) electrons. The Morgan fingerprint density at radius 2 is 1.72 bits per heavy atom. The second kappa shape index (κ2) is 7.88. The Labute approximate surface area is 172 Å². The molecule has 4 rings (SSSR count). The van der Waals surface area contributed by atoms with Crippen LogP contribution in [0.1, 0.15) is 35.3 Å². The van der Waals surface area contributed by atoms with Gasteiger partial charge in [-0.2, -0.15) is 0 Å². The number of piperazine rings is 1. The van der Waals surface area contributed by atoms with E-state index in [1.165, 1.54) is 10.8 Å². The molecule has 1 heterocycles. The van der Waals surface area contributed by atoms with Crippen LogP contribution in [-0.4, -0.2) is 32.1 Å². The molecule has 0 spiro atoms. The second-order valence-electron chi connectivity index (χ2n) is 8.34. The zero-order valence-electron chi connectivity index (χ0n) is 17.5. The first-order valence-electron chi connectivity index (χ1n) is 10.3. The van der Waals surface area contributed by atoms with E-state index in [9.17, 15) is 4.79 Å². The van der Waals surface area contributed by atoms with Gasteiger partial charge in [0.2, 0.25) is 0 Å². The molecule has 4 nitrogen and oxygen atoms in total. The molecule has 0 unspecified atom stereocenters. The van der Waals surface area contributed by atoms with Crippen LogP contribution in [0.25, 0.3) is 10.8 Å². The molecule has 0 aliphatic carbocycles. The Balaban J connectivity index is 1.63. The van der Waals surface area contributed by atoms with Crippen molar-refractivity contribution in [1.82, 2.24) is 10.6 Å². The molecule has 0 bridgehead atoms. The number of anilines is 1. The van der Waals surface area contributed by atoms with Gasteiger partial charge in [0.25, 0.3) is 5.91 Å². The van der Waals surface area contributed by atoms with E-state index in [-0.39, 0.29) is 5.91 Å². The van der Waals surface area contributed by atoms with Gasteiger partial charge >= 0.3 is 0 Å². The fourth-order valence-electron chi connectivity index (χ4n) is 4.16. The van der Waals surface area contributed by atoms with Crippen LogP contribution in [0.15, 0.2) is 60.7 Å². The van der Waals surface area contributed by atoms with Crippen molar-refractivity contribution in [3.8, 4) is 0 Å². The number of hydrogen-bond acceptors (Lipinski definition) is 3. The summed E-state index contributed by atoms with van der Waals surface area (Å²) in [7, 11) is 0. The summed E-state index contributed by atoms with van der Waals surface area (Å²) in [5.41, 5.74) is 3.49. The normalized spacial score (nSPS) is 14.8. The third kappa shape index (κ3) is 3.99. The lowest BCUT2D eigenvalue weighted by Gasteiger charge is -2.31. The fourth-order valence-corrected chi connectivity index (χ4v) is 4.16. The average molecular weight is 388 g/mol. The standard InChI is InChI=1S/C25H29N3O/c1-18-11-12-20(28-15-13-26-14-16-28)17-22(18)24(29)27-25(2,3)23-10-6-8-19-7-4-5-9-21(19)23/h4-12,17,26H,13-16H2,1-3H3,(H,27,29). The first kappa shape index (κ1) is 19.5. The molecule has 4 heteroatoms. The number of amides is 1. The van der Waals surface area contributed by atoms with E-state index in [1.54, 1.807) is 0 Å². The number of nitrogens with zero attached hydrogens (tertiary/aromatic N) is 1. The maximum atomic E-state index is 13.3. The number of nitrogens with one attached hydrogen (secondary N) is 2. The Hall–Kier alpha value is -2.85. The second-order valence-corrected chi connectivity index (χ2v) is 8.34. The lowest BCUT2D eigenvalue weighted by atomic mass is 9.89. The highest BCUT2D eigenvalue weighted by Crippen LogP contribution is 2.29. The quantitative estimate of drug-likeness (QED) is 0.704. The number of aryl methyl sites for hydroxylation is 1. The van der Waals surface area contributed by atoms with E-state index in [1.807, 2.05) is 25.1 Å². The Kier molecular flexibility index (Phi) is 5.29. The molecule has 1 amide bonds. The van der Waals surface area contributed by atoms with E-state index < -0.39 is 5.54 Å². The Morgan fingerprint density at radius 3 is 2.52 bits per heavy atom. The molecule has 3 aromatic rings. The van der Waals surface area contributed by atoms with E-state index >= 15 is 0 Å². The van der Waals surface area contributed by atoms with Gasteiger partial charge in [0.05, 0.1) is 5.54 Å². The summed E-state index contributed by atoms with van der Waals surface area (Å²) < 4.78 is 0. The number of fused-ring (bicyclic) bond motifs is 1. The summed E-state index contributed by atoms with van der Waals surface area (Å²) in [6.45, 7) is 10.0. The van der Waals surface area contributed by atoms with Crippen LogP contribution >= 0.6 is 0 Å². The molecule has 3 aromatic carbocycles. The number of carbonyl (C=O) groups is 1. The SMILES string of the molecule is Cc1ccc(N2CCNCC2)cc1C(=O)NC(C)(C)c1cccc2ccccc12. The smallest absolute Gasteiger partial charge is 0.252 e. The number of rotatable bonds is 4. The van der Waals surface area contributed by atoms with E-state index in [4.69, 9.17) is 0 Å². The van der Waals surface area contributed by atoms with Crippen LogP contribution < -0.4 is 15.5 Å². The summed E-state index contributed by atoms with van der Waals surface area (Å²) in [6, 6.07) is 20.8. The maximum Gasteiger partial charge on any atom is 0.252 e. The first-order valence-corrected chi connectivity index (χ1v) is 10.3. The highest BCUT2D eigenvalue weighted by atomic mass is 16.1. The zero-order chi connectivity index (χ0) is 20.4. The van der Waals surface area contributed by atoms with Gasteiger partial charge in [-0.1, -0.05) is 48.5 Å². The third-order valence-electron chi connectivity index (χ3n) is 5.84. The molecule has 0 saturated carbocycles. The predicted molar refractivity (Wildman–Crippen MR) is 121 cm³/mol. The van der Waals surface area contributed by atoms with Crippen molar-refractivity contribution in [3.05, 3.63) is 77.4 Å². The molecule has 1 saturated heterocycles. The Bertz CT molecular complexity index is 1030. The van der Waals surface area contributed by atoms with Crippen molar-refractivity contribution in [2.24, 2.45) is 0 Å². The van der Waals surface area contributed by atoms with Gasteiger partial charge in [0, 0.05) is 37.4 Å². The molecule has 1 fully saturated rings. The maximum absolute atomic E-state index is 13.3.